The van der Waals surface area contributed by atoms with Gasteiger partial charge in [0.1, 0.15) is 11.3 Å². The van der Waals surface area contributed by atoms with Crippen molar-refractivity contribution < 1.29 is 20.1 Å². The molecule has 3 saturated carbocycles. The molecule has 0 bridgehead atoms. The normalized spacial score (nSPS) is 29.7. The highest BCUT2D eigenvalue weighted by Crippen LogP contribution is 2.60. The molecule has 0 radical (unpaired) electrons. The van der Waals surface area contributed by atoms with Gasteiger partial charge in [-0.1, -0.05) is 76.8 Å². The van der Waals surface area contributed by atoms with Gasteiger partial charge in [-0.05, 0) is 104 Å². The summed E-state index contributed by atoms with van der Waals surface area (Å²) in [6.07, 6.45) is 18.2. The number of aliphatic hydroxyl groups excluding tert-OH is 1. The van der Waals surface area contributed by atoms with Gasteiger partial charge in [-0.2, -0.15) is 0 Å². The number of carboxylic acid groups (broad SMARTS) is 1. The molecule has 3 aliphatic rings. The van der Waals surface area contributed by atoms with E-state index >= 15 is 0 Å². The van der Waals surface area contributed by atoms with Crippen molar-refractivity contribution in [3.8, 4) is 5.75 Å². The number of hydrogen-bond acceptors (Lipinski definition) is 4. The second kappa shape index (κ2) is 13.7. The molecule has 0 aliphatic heterocycles. The van der Waals surface area contributed by atoms with Crippen LogP contribution in [0.5, 0.6) is 5.75 Å². The largest absolute Gasteiger partial charge is 0.507 e. The lowest BCUT2D eigenvalue weighted by Crippen LogP contribution is -2.36. The van der Waals surface area contributed by atoms with Crippen LogP contribution in [0.25, 0.3) is 0 Å². The highest BCUT2D eigenvalue weighted by Gasteiger charge is 2.50. The molecule has 0 heterocycles. The van der Waals surface area contributed by atoms with E-state index in [9.17, 15) is 9.90 Å². The molecule has 5 N–H and O–H groups in total. The van der Waals surface area contributed by atoms with Crippen molar-refractivity contribution in [2.24, 2.45) is 29.1 Å². The molecule has 5 heteroatoms. The van der Waals surface area contributed by atoms with Crippen LogP contribution in [0.3, 0.4) is 0 Å². The Morgan fingerprint density at radius 2 is 1.90 bits per heavy atom. The number of benzene rings is 1. The predicted octanol–water partition coefficient (Wildman–Crippen LogP) is 8.29. The van der Waals surface area contributed by atoms with Crippen molar-refractivity contribution >= 4 is 11.7 Å². The Kier molecular flexibility index (Phi) is 10.9. The Morgan fingerprint density at radius 1 is 1.15 bits per heavy atom. The van der Waals surface area contributed by atoms with Crippen molar-refractivity contribution in [3.05, 3.63) is 59.2 Å². The lowest BCUT2D eigenvalue weighted by molar-refractivity contribution is 0.0693. The summed E-state index contributed by atoms with van der Waals surface area (Å²) in [5, 5.41) is 27.5. The molecule has 5 atom stereocenters. The number of aromatic hydroxyl groups is 1. The van der Waals surface area contributed by atoms with Crippen molar-refractivity contribution in [1.29, 1.82) is 0 Å². The molecule has 0 saturated heterocycles. The third-order valence-corrected chi connectivity index (χ3v) is 9.60. The summed E-state index contributed by atoms with van der Waals surface area (Å²) < 4.78 is 0. The molecule has 1 aromatic rings. The Hall–Kier alpha value is -2.53. The van der Waals surface area contributed by atoms with Gasteiger partial charge in [0, 0.05) is 5.69 Å². The Morgan fingerprint density at radius 3 is 2.56 bits per heavy atom. The number of allylic oxidation sites excluding steroid dienone is 4. The standard InChI is InChI=1S/C27H44O.C7H7NO3/c1-19(2)8-6-9-21(4)25-15-16-26-22(10-7-17-27(25,26)5)12-13-23-18-24(28)14-11-20(23)3;8-4-1-2-6(9)5(3-4)7(10)11/h12-13,19,21,24-26,28H,3,6-11,14-18H2,1-2,4-5H3;1-3,9H,8H2,(H,10,11)/b22-12+,23-13-;/t21-,24+,25-,26+,27-;/m1./s1. The van der Waals surface area contributed by atoms with E-state index in [-0.39, 0.29) is 17.4 Å². The highest BCUT2D eigenvalue weighted by atomic mass is 16.4. The second-order valence-corrected chi connectivity index (χ2v) is 12.9. The van der Waals surface area contributed by atoms with E-state index in [0.717, 1.165) is 42.9 Å². The Balaban J connectivity index is 0.000000320. The molecule has 0 unspecified atom stereocenters. The summed E-state index contributed by atoms with van der Waals surface area (Å²) in [4.78, 5) is 10.4. The fourth-order valence-corrected chi connectivity index (χ4v) is 7.38. The lowest BCUT2D eigenvalue weighted by atomic mass is 9.60. The monoisotopic (exact) mass is 537 g/mol. The summed E-state index contributed by atoms with van der Waals surface area (Å²) in [6, 6.07) is 3.89. The van der Waals surface area contributed by atoms with Gasteiger partial charge in [-0.15, -0.1) is 0 Å². The number of anilines is 1. The maximum absolute atomic E-state index is 10.4. The Labute approximate surface area is 235 Å². The molecule has 0 spiro atoms. The van der Waals surface area contributed by atoms with E-state index in [0.29, 0.717) is 11.1 Å². The molecular formula is C34H51NO4. The summed E-state index contributed by atoms with van der Waals surface area (Å²) in [7, 11) is 0. The minimum absolute atomic E-state index is 0.172. The molecule has 0 amide bonds. The van der Waals surface area contributed by atoms with E-state index < -0.39 is 5.97 Å². The number of aliphatic hydroxyl groups is 1. The predicted molar refractivity (Wildman–Crippen MR) is 161 cm³/mol. The second-order valence-electron chi connectivity index (χ2n) is 12.9. The van der Waals surface area contributed by atoms with Crippen molar-refractivity contribution in [1.82, 2.24) is 0 Å². The van der Waals surface area contributed by atoms with E-state index in [1.165, 1.54) is 80.7 Å². The third-order valence-electron chi connectivity index (χ3n) is 9.60. The molecule has 0 aromatic heterocycles. The van der Waals surface area contributed by atoms with E-state index in [2.05, 4.69) is 46.4 Å². The van der Waals surface area contributed by atoms with E-state index in [4.69, 9.17) is 15.9 Å². The van der Waals surface area contributed by atoms with Crippen molar-refractivity contribution in [2.75, 3.05) is 5.73 Å². The summed E-state index contributed by atoms with van der Waals surface area (Å²) >= 11 is 0. The number of nitrogen functional groups attached to an aromatic ring is 1. The van der Waals surface area contributed by atoms with Crippen LogP contribution >= 0.6 is 0 Å². The number of phenols is 1. The molecular weight excluding hydrogens is 486 g/mol. The summed E-state index contributed by atoms with van der Waals surface area (Å²) in [6.45, 7) is 14.1. The molecule has 3 fully saturated rings. The van der Waals surface area contributed by atoms with Gasteiger partial charge >= 0.3 is 5.97 Å². The quantitative estimate of drug-likeness (QED) is 0.207. The van der Waals surface area contributed by atoms with Crippen molar-refractivity contribution in [2.45, 2.75) is 104 Å². The number of fused-ring (bicyclic) bond motifs is 1. The number of carbonyl (C=O) groups is 1. The van der Waals surface area contributed by atoms with Crippen LogP contribution in [0, 0.1) is 29.1 Å². The van der Waals surface area contributed by atoms with Crippen LogP contribution < -0.4 is 5.73 Å². The molecule has 39 heavy (non-hydrogen) atoms. The first kappa shape index (κ1) is 31.0. The highest BCUT2D eigenvalue weighted by molar-refractivity contribution is 5.91. The fourth-order valence-electron chi connectivity index (χ4n) is 7.38. The fraction of sp³-hybridized carbons (Fsp3) is 0.618. The number of hydrogen-bond donors (Lipinski definition) is 4. The number of rotatable bonds is 7. The first-order valence-corrected chi connectivity index (χ1v) is 15.0. The zero-order valence-electron chi connectivity index (χ0n) is 24.6. The molecule has 1 aromatic carbocycles. The average Bonchev–Trinajstić information content (AvgIpc) is 3.23. The van der Waals surface area contributed by atoms with Gasteiger partial charge in [-0.3, -0.25) is 0 Å². The Bertz CT molecular complexity index is 1070. The number of carboxylic acids is 1. The van der Waals surface area contributed by atoms with Crippen LogP contribution in [0.1, 0.15) is 109 Å². The average molecular weight is 538 g/mol. The van der Waals surface area contributed by atoms with Gasteiger partial charge in [0.15, 0.2) is 0 Å². The minimum Gasteiger partial charge on any atom is -0.507 e. The first-order valence-electron chi connectivity index (χ1n) is 15.0. The van der Waals surface area contributed by atoms with Crippen LogP contribution in [-0.2, 0) is 0 Å². The van der Waals surface area contributed by atoms with Gasteiger partial charge in [0.05, 0.1) is 6.10 Å². The number of nitrogens with two attached hydrogens (primary N) is 1. The summed E-state index contributed by atoms with van der Waals surface area (Å²) in [5.41, 5.74) is 10.2. The van der Waals surface area contributed by atoms with Gasteiger partial charge in [0.25, 0.3) is 0 Å². The SMILES string of the molecule is C=C1CC[C@H](O)C/C1=C/C=C1\CCC[C@]2(C)[C@@H]([C@H](C)CCCC(C)C)CC[C@@H]12.Nc1ccc(O)c(C(=O)O)c1. The lowest BCUT2D eigenvalue weighted by Gasteiger charge is -2.44. The van der Waals surface area contributed by atoms with Crippen LogP contribution in [0.4, 0.5) is 5.69 Å². The van der Waals surface area contributed by atoms with Gasteiger partial charge < -0.3 is 21.1 Å². The van der Waals surface area contributed by atoms with Gasteiger partial charge in [0.2, 0.25) is 0 Å². The van der Waals surface area contributed by atoms with Crippen LogP contribution in [0.2, 0.25) is 0 Å². The topological polar surface area (TPSA) is 104 Å². The minimum atomic E-state index is -1.19. The van der Waals surface area contributed by atoms with Crippen molar-refractivity contribution in [3.63, 3.8) is 0 Å². The zero-order valence-corrected chi connectivity index (χ0v) is 24.6. The van der Waals surface area contributed by atoms with Gasteiger partial charge in [-0.25, -0.2) is 4.79 Å². The number of aromatic carboxylic acids is 1. The molecule has 4 rings (SSSR count). The first-order chi connectivity index (χ1) is 18.4. The van der Waals surface area contributed by atoms with E-state index in [1.54, 1.807) is 5.57 Å². The van der Waals surface area contributed by atoms with E-state index in [1.807, 2.05) is 0 Å². The molecule has 3 aliphatic carbocycles. The zero-order chi connectivity index (χ0) is 28.7. The third kappa shape index (κ3) is 8.00. The molecule has 5 nitrogen and oxygen atoms in total. The summed E-state index contributed by atoms with van der Waals surface area (Å²) in [5.74, 6) is 1.91. The van der Waals surface area contributed by atoms with Crippen LogP contribution in [0.15, 0.2) is 53.6 Å². The smallest absolute Gasteiger partial charge is 0.339 e. The van der Waals surface area contributed by atoms with Crippen LogP contribution in [-0.4, -0.2) is 27.4 Å². The molecule has 216 valence electrons. The maximum Gasteiger partial charge on any atom is 0.339 e. The maximum atomic E-state index is 10.4.